The van der Waals surface area contributed by atoms with Gasteiger partial charge in [0.25, 0.3) is 5.56 Å². The summed E-state index contributed by atoms with van der Waals surface area (Å²) in [6, 6.07) is 10.5. The fourth-order valence-corrected chi connectivity index (χ4v) is 4.06. The first-order valence-electron chi connectivity index (χ1n) is 9.30. The van der Waals surface area contributed by atoms with Crippen LogP contribution in [0.5, 0.6) is 5.75 Å². The van der Waals surface area contributed by atoms with Crippen molar-refractivity contribution in [3.8, 4) is 17.0 Å². The van der Waals surface area contributed by atoms with Gasteiger partial charge in [0.1, 0.15) is 12.3 Å². The van der Waals surface area contributed by atoms with Gasteiger partial charge in [0.15, 0.2) is 0 Å². The average Bonchev–Trinajstić information content (AvgIpc) is 3.31. The lowest BCUT2D eigenvalue weighted by atomic mass is 9.94. The molecule has 1 aromatic carbocycles. The van der Waals surface area contributed by atoms with E-state index in [4.69, 9.17) is 4.74 Å². The van der Waals surface area contributed by atoms with Gasteiger partial charge in [0.05, 0.1) is 12.8 Å². The molecule has 0 aliphatic heterocycles. The molecule has 0 radical (unpaired) electrons. The summed E-state index contributed by atoms with van der Waals surface area (Å²) in [5.74, 6) is 2.31. The Bertz CT molecular complexity index is 934. The summed E-state index contributed by atoms with van der Waals surface area (Å²) in [5, 5.41) is 7.32. The zero-order valence-corrected chi connectivity index (χ0v) is 15.3. The van der Waals surface area contributed by atoms with Crippen LogP contribution in [0.4, 0.5) is 0 Å². The molecule has 6 nitrogen and oxygen atoms in total. The number of rotatable bonds is 6. The molecule has 27 heavy (non-hydrogen) atoms. The number of carbonyl (C=O) groups excluding carboxylic acids is 1. The Morgan fingerprint density at radius 2 is 2.15 bits per heavy atom. The van der Waals surface area contributed by atoms with E-state index in [1.165, 1.54) is 17.2 Å². The Balaban J connectivity index is 1.42. The van der Waals surface area contributed by atoms with E-state index >= 15 is 0 Å². The molecule has 2 aliphatic carbocycles. The van der Waals surface area contributed by atoms with Crippen LogP contribution < -0.4 is 15.6 Å². The Morgan fingerprint density at radius 3 is 2.89 bits per heavy atom. The highest BCUT2D eigenvalue weighted by molar-refractivity contribution is 5.75. The van der Waals surface area contributed by atoms with Crippen LogP contribution in [0, 0.1) is 17.8 Å². The van der Waals surface area contributed by atoms with E-state index in [0.29, 0.717) is 35.7 Å². The Morgan fingerprint density at radius 1 is 1.26 bits per heavy atom. The van der Waals surface area contributed by atoms with Crippen LogP contribution >= 0.6 is 0 Å². The van der Waals surface area contributed by atoms with E-state index in [1.807, 2.05) is 24.3 Å². The van der Waals surface area contributed by atoms with Crippen molar-refractivity contribution in [2.45, 2.75) is 19.4 Å². The summed E-state index contributed by atoms with van der Waals surface area (Å²) in [6.45, 7) is 0.585. The molecule has 4 rings (SSSR count). The first-order chi connectivity index (χ1) is 13.1. The number of amides is 1. The molecule has 1 aromatic heterocycles. The minimum absolute atomic E-state index is 0.0761. The fourth-order valence-electron chi connectivity index (χ4n) is 4.06. The van der Waals surface area contributed by atoms with Crippen LogP contribution in [0.15, 0.2) is 53.3 Å². The highest BCUT2D eigenvalue weighted by Gasteiger charge is 2.35. The molecule has 140 valence electrons. The number of nitrogens with one attached hydrogen (secondary N) is 1. The van der Waals surface area contributed by atoms with E-state index in [9.17, 15) is 9.59 Å². The molecule has 0 spiro atoms. The van der Waals surface area contributed by atoms with E-state index in [2.05, 4.69) is 22.6 Å². The van der Waals surface area contributed by atoms with Crippen molar-refractivity contribution < 1.29 is 9.53 Å². The molecule has 6 heteroatoms. The molecule has 1 saturated carbocycles. The first-order valence-corrected chi connectivity index (χ1v) is 9.30. The molecular formula is C21H23N3O3. The molecule has 2 bridgehead atoms. The van der Waals surface area contributed by atoms with Gasteiger partial charge in [0.2, 0.25) is 5.91 Å². The summed E-state index contributed by atoms with van der Waals surface area (Å²) in [4.78, 5) is 24.4. The molecule has 0 saturated heterocycles. The molecular weight excluding hydrogens is 342 g/mol. The minimum atomic E-state index is -0.292. The number of hydrogen-bond acceptors (Lipinski definition) is 4. The summed E-state index contributed by atoms with van der Waals surface area (Å²) in [6.07, 6.45) is 6.92. The van der Waals surface area contributed by atoms with E-state index in [-0.39, 0.29) is 18.0 Å². The number of aromatic nitrogens is 2. The summed E-state index contributed by atoms with van der Waals surface area (Å²) in [7, 11) is 1.60. The van der Waals surface area contributed by atoms with Crippen molar-refractivity contribution >= 4 is 5.91 Å². The van der Waals surface area contributed by atoms with Gasteiger partial charge >= 0.3 is 0 Å². The SMILES string of the molecule is COc1cccc(-c2ccc(=O)n(CC(=O)NC[C@H]3C[C@@H]4C=C[C@H]3C4)n2)c1. The Hall–Kier alpha value is -2.89. The monoisotopic (exact) mass is 365 g/mol. The lowest BCUT2D eigenvalue weighted by Crippen LogP contribution is -2.36. The van der Waals surface area contributed by atoms with Gasteiger partial charge in [-0.05, 0) is 48.8 Å². The van der Waals surface area contributed by atoms with Crippen LogP contribution in [0.3, 0.4) is 0 Å². The molecule has 3 atom stereocenters. The third kappa shape index (κ3) is 3.79. The van der Waals surface area contributed by atoms with Gasteiger partial charge < -0.3 is 10.1 Å². The quantitative estimate of drug-likeness (QED) is 0.797. The lowest BCUT2D eigenvalue weighted by molar-refractivity contribution is -0.122. The van der Waals surface area contributed by atoms with Crippen molar-refractivity contribution in [1.82, 2.24) is 15.1 Å². The normalized spacial score (nSPS) is 22.8. The van der Waals surface area contributed by atoms with Crippen molar-refractivity contribution in [1.29, 1.82) is 0 Å². The van der Waals surface area contributed by atoms with Crippen LogP contribution in [0.1, 0.15) is 12.8 Å². The standard InChI is InChI=1S/C21H23N3O3/c1-27-18-4-2-3-16(11-18)19-7-8-21(26)24(23-19)13-20(25)22-12-17-10-14-5-6-15(17)9-14/h2-8,11,14-15,17H,9-10,12-13H2,1H3,(H,22,25)/t14-,15+,17-/m1/s1. The summed E-state index contributed by atoms with van der Waals surface area (Å²) >= 11 is 0. The Kier molecular flexibility index (Phi) is 4.79. The molecule has 1 amide bonds. The molecule has 2 aliphatic rings. The van der Waals surface area contributed by atoms with Crippen molar-refractivity contribution in [3.63, 3.8) is 0 Å². The highest BCUT2D eigenvalue weighted by atomic mass is 16.5. The van der Waals surface area contributed by atoms with Crippen LogP contribution in [0.25, 0.3) is 11.3 Å². The molecule has 1 heterocycles. The first kappa shape index (κ1) is 17.5. The Labute approximate surface area is 157 Å². The van der Waals surface area contributed by atoms with E-state index in [0.717, 1.165) is 12.0 Å². The topological polar surface area (TPSA) is 73.2 Å². The number of carbonyl (C=O) groups is 1. The van der Waals surface area contributed by atoms with Gasteiger partial charge in [-0.25, -0.2) is 4.68 Å². The number of benzene rings is 1. The molecule has 1 fully saturated rings. The third-order valence-corrected chi connectivity index (χ3v) is 5.50. The number of ether oxygens (including phenoxy) is 1. The van der Waals surface area contributed by atoms with Gasteiger partial charge in [-0.2, -0.15) is 5.10 Å². The lowest BCUT2D eigenvalue weighted by Gasteiger charge is -2.18. The molecule has 1 N–H and O–H groups in total. The minimum Gasteiger partial charge on any atom is -0.497 e. The average molecular weight is 365 g/mol. The number of fused-ring (bicyclic) bond motifs is 2. The van der Waals surface area contributed by atoms with Crippen molar-refractivity contribution in [2.24, 2.45) is 17.8 Å². The summed E-state index contributed by atoms with van der Waals surface area (Å²) < 4.78 is 6.44. The second kappa shape index (κ2) is 7.39. The maximum Gasteiger partial charge on any atom is 0.267 e. The van der Waals surface area contributed by atoms with E-state index < -0.39 is 0 Å². The highest BCUT2D eigenvalue weighted by Crippen LogP contribution is 2.42. The smallest absolute Gasteiger partial charge is 0.267 e. The molecule has 0 unspecified atom stereocenters. The van der Waals surface area contributed by atoms with Crippen molar-refractivity contribution in [3.05, 3.63) is 58.9 Å². The number of allylic oxidation sites excluding steroid dienone is 2. The number of nitrogens with zero attached hydrogens (tertiary/aromatic N) is 2. The second-order valence-corrected chi connectivity index (χ2v) is 7.29. The second-order valence-electron chi connectivity index (χ2n) is 7.29. The van der Waals surface area contributed by atoms with Gasteiger partial charge in [0, 0.05) is 18.2 Å². The van der Waals surface area contributed by atoms with Crippen molar-refractivity contribution in [2.75, 3.05) is 13.7 Å². The fraction of sp³-hybridized carbons (Fsp3) is 0.381. The van der Waals surface area contributed by atoms with Gasteiger partial charge in [-0.15, -0.1) is 0 Å². The zero-order chi connectivity index (χ0) is 18.8. The summed E-state index contributed by atoms with van der Waals surface area (Å²) in [5.41, 5.74) is 1.16. The number of methoxy groups -OCH3 is 1. The van der Waals surface area contributed by atoms with Crippen LogP contribution in [-0.4, -0.2) is 29.3 Å². The van der Waals surface area contributed by atoms with Crippen LogP contribution in [0.2, 0.25) is 0 Å². The van der Waals surface area contributed by atoms with Crippen LogP contribution in [-0.2, 0) is 11.3 Å². The maximum absolute atomic E-state index is 12.3. The zero-order valence-electron chi connectivity index (χ0n) is 15.3. The predicted octanol–water partition coefficient (Wildman–Crippen LogP) is 2.25. The largest absolute Gasteiger partial charge is 0.497 e. The predicted molar refractivity (Wildman–Crippen MR) is 102 cm³/mol. The van der Waals surface area contributed by atoms with Gasteiger partial charge in [-0.1, -0.05) is 24.3 Å². The van der Waals surface area contributed by atoms with Gasteiger partial charge in [-0.3, -0.25) is 9.59 Å². The number of hydrogen-bond donors (Lipinski definition) is 1. The maximum atomic E-state index is 12.3. The third-order valence-electron chi connectivity index (χ3n) is 5.50. The van der Waals surface area contributed by atoms with E-state index in [1.54, 1.807) is 13.2 Å². The molecule has 2 aromatic rings.